The normalized spacial score (nSPS) is 28.4. The molecule has 0 radical (unpaired) electrons. The highest BCUT2D eigenvalue weighted by atomic mass is 19.1. The first kappa shape index (κ1) is 19.4. The van der Waals surface area contributed by atoms with Gasteiger partial charge in [-0.1, -0.05) is 36.4 Å². The lowest BCUT2D eigenvalue weighted by atomic mass is 9.91. The van der Waals surface area contributed by atoms with E-state index in [1.165, 1.54) is 17.7 Å². The maximum absolute atomic E-state index is 13.6. The summed E-state index contributed by atoms with van der Waals surface area (Å²) in [5.41, 5.74) is 1.72. The first-order chi connectivity index (χ1) is 13.5. The summed E-state index contributed by atoms with van der Waals surface area (Å²) in [6, 6.07) is 14.6. The second-order valence-electron chi connectivity index (χ2n) is 8.42. The van der Waals surface area contributed by atoms with Gasteiger partial charge in [-0.25, -0.2) is 4.39 Å². The maximum Gasteiger partial charge on any atom is 0.165 e. The molecule has 0 spiro atoms. The molecule has 1 unspecified atom stereocenters. The number of phenolic OH excluding ortho intramolecular Hbond substituents is 1. The standard InChI is InChI=1S/C23H28FNO3/c1-28-23(10-16-5-3-2-4-6-16)11-18-13-25(14-19(18)12-23)15-22(27)17-7-8-21(26)20(24)9-17/h2-9,18-19,22,26-27H,10-15H2,1H3/t18-,19+,22?,23-. The minimum Gasteiger partial charge on any atom is -0.505 e. The molecule has 4 atom stereocenters. The first-order valence-electron chi connectivity index (χ1n) is 9.96. The molecule has 1 saturated carbocycles. The van der Waals surface area contributed by atoms with Gasteiger partial charge in [0.05, 0.1) is 11.7 Å². The number of aliphatic hydroxyl groups is 1. The van der Waals surface area contributed by atoms with Crippen molar-refractivity contribution in [2.75, 3.05) is 26.7 Å². The minimum atomic E-state index is -0.759. The van der Waals surface area contributed by atoms with Gasteiger partial charge in [-0.15, -0.1) is 0 Å². The van der Waals surface area contributed by atoms with Crippen LogP contribution in [0.4, 0.5) is 4.39 Å². The van der Waals surface area contributed by atoms with Gasteiger partial charge in [0.15, 0.2) is 11.6 Å². The number of nitrogens with zero attached hydrogens (tertiary/aromatic N) is 1. The molecular weight excluding hydrogens is 357 g/mol. The monoisotopic (exact) mass is 385 g/mol. The molecule has 2 aromatic rings. The second kappa shape index (κ2) is 7.82. The summed E-state index contributed by atoms with van der Waals surface area (Å²) in [5.74, 6) is 0.0430. The van der Waals surface area contributed by atoms with E-state index in [4.69, 9.17) is 4.74 Å². The number of halogens is 1. The van der Waals surface area contributed by atoms with Crippen molar-refractivity contribution in [3.05, 3.63) is 65.5 Å². The van der Waals surface area contributed by atoms with Crippen molar-refractivity contribution in [3.63, 3.8) is 0 Å². The summed E-state index contributed by atoms with van der Waals surface area (Å²) in [5, 5.41) is 19.8. The van der Waals surface area contributed by atoms with Gasteiger partial charge in [0.1, 0.15) is 0 Å². The van der Waals surface area contributed by atoms with Crippen LogP contribution in [-0.2, 0) is 11.2 Å². The number of fused-ring (bicyclic) bond motifs is 1. The van der Waals surface area contributed by atoms with Gasteiger partial charge >= 0.3 is 0 Å². The number of aliphatic hydroxyl groups excluding tert-OH is 1. The number of rotatable bonds is 6. The highest BCUT2D eigenvalue weighted by Gasteiger charge is 2.49. The molecule has 0 aromatic heterocycles. The molecule has 0 bridgehead atoms. The highest BCUT2D eigenvalue weighted by Crippen LogP contribution is 2.47. The van der Waals surface area contributed by atoms with E-state index in [-0.39, 0.29) is 11.4 Å². The summed E-state index contributed by atoms with van der Waals surface area (Å²) < 4.78 is 19.6. The van der Waals surface area contributed by atoms with E-state index in [0.29, 0.717) is 23.9 Å². The van der Waals surface area contributed by atoms with E-state index in [1.54, 1.807) is 6.07 Å². The molecule has 1 aliphatic carbocycles. The van der Waals surface area contributed by atoms with E-state index in [1.807, 2.05) is 13.2 Å². The molecule has 4 rings (SSSR count). The zero-order valence-corrected chi connectivity index (χ0v) is 16.2. The van der Waals surface area contributed by atoms with Gasteiger partial charge < -0.3 is 14.9 Å². The van der Waals surface area contributed by atoms with E-state index in [9.17, 15) is 14.6 Å². The molecule has 2 aliphatic rings. The Morgan fingerprint density at radius 2 is 1.82 bits per heavy atom. The number of likely N-dealkylation sites (tertiary alicyclic amines) is 1. The topological polar surface area (TPSA) is 52.9 Å². The summed E-state index contributed by atoms with van der Waals surface area (Å²) in [7, 11) is 1.82. The van der Waals surface area contributed by atoms with Crippen molar-refractivity contribution >= 4 is 0 Å². The zero-order chi connectivity index (χ0) is 19.7. The quantitative estimate of drug-likeness (QED) is 0.799. The Labute approximate surface area is 165 Å². The summed E-state index contributed by atoms with van der Waals surface area (Å²) in [6.45, 7) is 2.35. The molecule has 1 saturated heterocycles. The van der Waals surface area contributed by atoms with Gasteiger partial charge in [0.25, 0.3) is 0 Å². The van der Waals surface area contributed by atoms with Crippen molar-refractivity contribution < 1.29 is 19.3 Å². The zero-order valence-electron chi connectivity index (χ0n) is 16.2. The van der Waals surface area contributed by atoms with Crippen LogP contribution in [0.3, 0.4) is 0 Å². The average Bonchev–Trinajstić information content (AvgIpc) is 3.20. The lowest BCUT2D eigenvalue weighted by molar-refractivity contribution is -0.0141. The van der Waals surface area contributed by atoms with Gasteiger partial charge in [0.2, 0.25) is 0 Å². The number of methoxy groups -OCH3 is 1. The van der Waals surface area contributed by atoms with Crippen LogP contribution in [0.5, 0.6) is 5.75 Å². The van der Waals surface area contributed by atoms with Crippen LogP contribution in [0.15, 0.2) is 48.5 Å². The molecule has 0 amide bonds. The van der Waals surface area contributed by atoms with Crippen LogP contribution in [-0.4, -0.2) is 47.5 Å². The number of aromatic hydroxyl groups is 1. The van der Waals surface area contributed by atoms with Crippen molar-refractivity contribution in [3.8, 4) is 5.75 Å². The fourth-order valence-electron chi connectivity index (χ4n) is 5.12. The third-order valence-corrected chi connectivity index (χ3v) is 6.51. The fourth-order valence-corrected chi connectivity index (χ4v) is 5.12. The summed E-state index contributed by atoms with van der Waals surface area (Å²) >= 11 is 0. The molecule has 2 N–H and O–H groups in total. The average molecular weight is 385 g/mol. The lowest BCUT2D eigenvalue weighted by Gasteiger charge is -2.30. The van der Waals surface area contributed by atoms with Crippen LogP contribution in [0, 0.1) is 17.7 Å². The van der Waals surface area contributed by atoms with Crippen molar-refractivity contribution in [1.29, 1.82) is 0 Å². The van der Waals surface area contributed by atoms with Crippen LogP contribution in [0.25, 0.3) is 0 Å². The second-order valence-corrected chi connectivity index (χ2v) is 8.42. The van der Waals surface area contributed by atoms with Gasteiger partial charge in [0, 0.05) is 33.2 Å². The van der Waals surface area contributed by atoms with Gasteiger partial charge in [-0.05, 0) is 47.9 Å². The lowest BCUT2D eigenvalue weighted by Crippen LogP contribution is -2.35. The van der Waals surface area contributed by atoms with E-state index in [2.05, 4.69) is 29.2 Å². The van der Waals surface area contributed by atoms with E-state index < -0.39 is 11.9 Å². The molecular formula is C23H28FNO3. The van der Waals surface area contributed by atoms with Crippen LogP contribution in [0.2, 0.25) is 0 Å². The molecule has 1 aliphatic heterocycles. The smallest absolute Gasteiger partial charge is 0.165 e. The Kier molecular flexibility index (Phi) is 5.41. The van der Waals surface area contributed by atoms with Crippen LogP contribution < -0.4 is 0 Å². The molecule has 1 heterocycles. The maximum atomic E-state index is 13.6. The van der Waals surface area contributed by atoms with Gasteiger partial charge in [-0.2, -0.15) is 0 Å². The van der Waals surface area contributed by atoms with Crippen LogP contribution >= 0.6 is 0 Å². The highest BCUT2D eigenvalue weighted by molar-refractivity contribution is 5.29. The Bertz CT molecular complexity index is 799. The summed E-state index contributed by atoms with van der Waals surface area (Å²) in [4.78, 5) is 2.27. The molecule has 2 aromatic carbocycles. The predicted molar refractivity (Wildman–Crippen MR) is 106 cm³/mol. The molecule has 150 valence electrons. The van der Waals surface area contributed by atoms with Crippen LogP contribution in [0.1, 0.15) is 30.1 Å². The Morgan fingerprint density at radius 3 is 2.43 bits per heavy atom. The SMILES string of the molecule is CO[C@@]1(Cc2ccccc2)C[C@H]2CN(CC(O)c3ccc(O)c(F)c3)C[C@H]2C1. The number of phenols is 1. The van der Waals surface area contributed by atoms with Crippen molar-refractivity contribution in [1.82, 2.24) is 4.90 Å². The molecule has 4 nitrogen and oxygen atoms in total. The minimum absolute atomic E-state index is 0.0958. The molecule has 28 heavy (non-hydrogen) atoms. The predicted octanol–water partition coefficient (Wildman–Crippen LogP) is 3.53. The summed E-state index contributed by atoms with van der Waals surface area (Å²) in [6.07, 6.45) is 2.24. The Balaban J connectivity index is 1.36. The number of hydrogen-bond acceptors (Lipinski definition) is 4. The number of β-amino-alcohol motifs (C(OH)–C–C–N with tert-alkyl or cyclic N) is 1. The molecule has 5 heteroatoms. The Hall–Kier alpha value is -1.95. The largest absolute Gasteiger partial charge is 0.505 e. The number of ether oxygens (including phenoxy) is 1. The van der Waals surface area contributed by atoms with E-state index >= 15 is 0 Å². The third kappa shape index (κ3) is 3.93. The third-order valence-electron chi connectivity index (χ3n) is 6.51. The molecule has 2 fully saturated rings. The number of benzene rings is 2. The van der Waals surface area contributed by atoms with Crippen molar-refractivity contribution in [2.45, 2.75) is 31.0 Å². The van der Waals surface area contributed by atoms with Gasteiger partial charge in [-0.3, -0.25) is 4.90 Å². The number of hydrogen-bond donors (Lipinski definition) is 2. The van der Waals surface area contributed by atoms with E-state index in [0.717, 1.165) is 32.4 Å². The first-order valence-corrected chi connectivity index (χ1v) is 9.96. The Morgan fingerprint density at radius 1 is 1.14 bits per heavy atom. The fraction of sp³-hybridized carbons (Fsp3) is 0.478. The van der Waals surface area contributed by atoms with Crippen molar-refractivity contribution in [2.24, 2.45) is 11.8 Å².